The molecule has 1 heterocycles. The van der Waals surface area contributed by atoms with Crippen molar-refractivity contribution in [1.82, 2.24) is 4.90 Å². The number of alkyl halides is 1. The molecule has 0 aromatic heterocycles. The van der Waals surface area contributed by atoms with Crippen LogP contribution in [0.3, 0.4) is 0 Å². The van der Waals surface area contributed by atoms with E-state index in [4.69, 9.17) is 14.6 Å². The first-order valence-corrected chi connectivity index (χ1v) is 14.7. The van der Waals surface area contributed by atoms with Crippen molar-refractivity contribution < 1.29 is 32.5 Å². The van der Waals surface area contributed by atoms with Crippen LogP contribution in [0.25, 0.3) is 5.57 Å². The fourth-order valence-electron chi connectivity index (χ4n) is 6.30. The molecule has 5 nitrogen and oxygen atoms in total. The highest BCUT2D eigenvalue weighted by Gasteiger charge is 2.51. The smallest absolute Gasteiger partial charge is 0.335 e. The van der Waals surface area contributed by atoms with E-state index in [0.29, 0.717) is 45.3 Å². The Labute approximate surface area is 240 Å². The standard InChI is InChI=1S/C33H40F3NO4/c1-21-16-25-24-11-7-6-10-22(24)17-26(25)30(37(21)20-32(2,3)36)29-27(34)18-23(19-28(29)35)40-14-8-4-5-9-15-41-33(12-13-33)31(38)39/h6-7,10-11,18-19,21,30H,4-5,8-9,12-17,20H2,1-3H3,(H,38,39)/t21-,30+/m1/s1. The molecule has 5 rings (SSSR count). The Morgan fingerprint density at radius 2 is 1.73 bits per heavy atom. The Kier molecular flexibility index (Phi) is 8.53. The molecule has 0 spiro atoms. The molecule has 0 amide bonds. The molecule has 8 heteroatoms. The summed E-state index contributed by atoms with van der Waals surface area (Å²) in [4.78, 5) is 13.1. The van der Waals surface area contributed by atoms with Gasteiger partial charge >= 0.3 is 5.97 Å². The summed E-state index contributed by atoms with van der Waals surface area (Å²) in [7, 11) is 0. The lowest BCUT2D eigenvalue weighted by molar-refractivity contribution is -0.153. The van der Waals surface area contributed by atoms with Crippen molar-refractivity contribution in [3.8, 4) is 5.75 Å². The maximum absolute atomic E-state index is 15.8. The Bertz CT molecular complexity index is 1290. The molecule has 3 aliphatic rings. The van der Waals surface area contributed by atoms with Crippen LogP contribution in [0.2, 0.25) is 0 Å². The van der Waals surface area contributed by atoms with E-state index in [9.17, 15) is 9.18 Å². The number of carbonyl (C=O) groups is 1. The lowest BCUT2D eigenvalue weighted by Gasteiger charge is -2.44. The SMILES string of the molecule is C[C@@H]1CC2=C(Cc3ccccc32)[C@@H](c2c(F)cc(OCCCCCCOC3(C(=O)O)CC3)cc2F)N1CC(C)(C)F. The first-order chi connectivity index (χ1) is 19.5. The summed E-state index contributed by atoms with van der Waals surface area (Å²) < 4.78 is 57.7. The van der Waals surface area contributed by atoms with Gasteiger partial charge in [-0.05, 0) is 88.0 Å². The first-order valence-electron chi connectivity index (χ1n) is 14.7. The van der Waals surface area contributed by atoms with Gasteiger partial charge in [0, 0.05) is 36.9 Å². The molecule has 1 saturated carbocycles. The quantitative estimate of drug-likeness (QED) is 0.254. The van der Waals surface area contributed by atoms with Crippen LogP contribution in [-0.2, 0) is 16.0 Å². The van der Waals surface area contributed by atoms with Crippen LogP contribution in [0, 0.1) is 11.6 Å². The molecule has 222 valence electrons. The molecule has 2 aliphatic carbocycles. The molecule has 2 atom stereocenters. The molecule has 2 aromatic rings. The average molecular weight is 572 g/mol. The molecule has 0 radical (unpaired) electrons. The maximum Gasteiger partial charge on any atom is 0.335 e. The highest BCUT2D eigenvalue weighted by atomic mass is 19.1. The number of benzene rings is 2. The molecule has 1 fully saturated rings. The number of hydrogen-bond donors (Lipinski definition) is 1. The zero-order chi connectivity index (χ0) is 29.4. The van der Waals surface area contributed by atoms with Gasteiger partial charge in [-0.3, -0.25) is 4.90 Å². The number of carboxylic acids is 1. The Morgan fingerprint density at radius 3 is 2.37 bits per heavy atom. The van der Waals surface area contributed by atoms with Gasteiger partial charge < -0.3 is 14.6 Å². The minimum atomic E-state index is -1.53. The number of aliphatic carboxylic acids is 1. The van der Waals surface area contributed by atoms with Gasteiger partial charge in [0.05, 0.1) is 12.6 Å². The molecule has 0 saturated heterocycles. The highest BCUT2D eigenvalue weighted by Crippen LogP contribution is 2.50. The Balaban J connectivity index is 1.25. The molecular weight excluding hydrogens is 531 g/mol. The largest absolute Gasteiger partial charge is 0.493 e. The number of carboxylic acid groups (broad SMARTS) is 1. The summed E-state index contributed by atoms with van der Waals surface area (Å²) in [5, 5.41) is 9.15. The first kappa shape index (κ1) is 29.6. The van der Waals surface area contributed by atoms with Crippen molar-refractivity contribution in [2.75, 3.05) is 19.8 Å². The van der Waals surface area contributed by atoms with Gasteiger partial charge in [-0.2, -0.15) is 0 Å². The van der Waals surface area contributed by atoms with Gasteiger partial charge in [-0.15, -0.1) is 0 Å². The van der Waals surface area contributed by atoms with Crippen LogP contribution < -0.4 is 4.74 Å². The number of halogens is 3. The van der Waals surface area contributed by atoms with E-state index in [-0.39, 0.29) is 23.9 Å². The van der Waals surface area contributed by atoms with E-state index in [1.54, 1.807) is 0 Å². The van der Waals surface area contributed by atoms with Crippen LogP contribution in [0.1, 0.15) is 88.4 Å². The number of nitrogens with zero attached hydrogens (tertiary/aromatic N) is 1. The van der Waals surface area contributed by atoms with Gasteiger partial charge in [0.2, 0.25) is 0 Å². The van der Waals surface area contributed by atoms with Crippen LogP contribution in [0.4, 0.5) is 13.2 Å². The Hall–Kier alpha value is -2.84. The molecule has 0 bridgehead atoms. The minimum Gasteiger partial charge on any atom is -0.493 e. The monoisotopic (exact) mass is 571 g/mol. The Morgan fingerprint density at radius 1 is 1.07 bits per heavy atom. The van der Waals surface area contributed by atoms with Gasteiger partial charge in [0.1, 0.15) is 23.1 Å². The van der Waals surface area contributed by atoms with E-state index in [1.807, 2.05) is 24.0 Å². The van der Waals surface area contributed by atoms with Crippen molar-refractivity contribution in [1.29, 1.82) is 0 Å². The predicted octanol–water partition coefficient (Wildman–Crippen LogP) is 7.43. The van der Waals surface area contributed by atoms with Gasteiger partial charge in [-0.25, -0.2) is 18.0 Å². The van der Waals surface area contributed by atoms with Crippen molar-refractivity contribution in [2.45, 2.75) is 95.5 Å². The highest BCUT2D eigenvalue weighted by molar-refractivity contribution is 5.81. The number of fused-ring (bicyclic) bond motifs is 2. The number of rotatable bonds is 13. The second-order valence-electron chi connectivity index (χ2n) is 12.4. The third-order valence-electron chi connectivity index (χ3n) is 8.50. The van der Waals surface area contributed by atoms with Crippen LogP contribution >= 0.6 is 0 Å². The number of ether oxygens (including phenoxy) is 2. The van der Waals surface area contributed by atoms with Gasteiger partial charge in [0.25, 0.3) is 0 Å². The van der Waals surface area contributed by atoms with Crippen LogP contribution in [0.15, 0.2) is 42.0 Å². The fraction of sp³-hybridized carbons (Fsp3) is 0.545. The third-order valence-corrected chi connectivity index (χ3v) is 8.50. The zero-order valence-electron chi connectivity index (χ0n) is 24.2. The topological polar surface area (TPSA) is 59.0 Å². The summed E-state index contributed by atoms with van der Waals surface area (Å²) in [5.41, 5.74) is 1.78. The van der Waals surface area contributed by atoms with Crippen LogP contribution in [0.5, 0.6) is 5.75 Å². The summed E-state index contributed by atoms with van der Waals surface area (Å²) in [6.45, 7) is 5.78. The van der Waals surface area contributed by atoms with Gasteiger partial charge in [-0.1, -0.05) is 30.7 Å². The van der Waals surface area contributed by atoms with Crippen molar-refractivity contribution in [3.63, 3.8) is 0 Å². The van der Waals surface area contributed by atoms with Crippen LogP contribution in [-0.4, -0.2) is 53.0 Å². The third kappa shape index (κ3) is 6.49. The molecule has 1 aliphatic heterocycles. The van der Waals surface area contributed by atoms with E-state index in [2.05, 4.69) is 12.1 Å². The lowest BCUT2D eigenvalue weighted by atomic mass is 9.84. The zero-order valence-corrected chi connectivity index (χ0v) is 24.2. The summed E-state index contributed by atoms with van der Waals surface area (Å²) >= 11 is 0. The van der Waals surface area contributed by atoms with E-state index >= 15 is 8.78 Å². The average Bonchev–Trinajstić information content (AvgIpc) is 3.61. The van der Waals surface area contributed by atoms with Crippen molar-refractivity contribution in [3.05, 3.63) is 70.3 Å². The molecule has 41 heavy (non-hydrogen) atoms. The van der Waals surface area contributed by atoms with E-state index in [0.717, 1.165) is 41.5 Å². The van der Waals surface area contributed by atoms with Gasteiger partial charge in [0.15, 0.2) is 5.60 Å². The second-order valence-corrected chi connectivity index (χ2v) is 12.4. The molecular formula is C33H40F3NO4. The van der Waals surface area contributed by atoms with Crippen molar-refractivity contribution >= 4 is 11.5 Å². The normalized spacial score (nSPS) is 21.5. The maximum atomic E-state index is 15.8. The summed E-state index contributed by atoms with van der Waals surface area (Å²) in [6, 6.07) is 9.75. The lowest BCUT2D eigenvalue weighted by Crippen LogP contribution is -2.47. The molecule has 1 N–H and O–H groups in total. The molecule has 2 aromatic carbocycles. The van der Waals surface area contributed by atoms with Crippen molar-refractivity contribution in [2.24, 2.45) is 0 Å². The van der Waals surface area contributed by atoms with E-state index < -0.39 is 34.9 Å². The number of unbranched alkanes of at least 4 members (excludes halogenated alkanes) is 3. The number of hydrogen-bond acceptors (Lipinski definition) is 4. The summed E-state index contributed by atoms with van der Waals surface area (Å²) in [5.74, 6) is -2.13. The summed E-state index contributed by atoms with van der Waals surface area (Å²) in [6.07, 6.45) is 5.56. The predicted molar refractivity (Wildman–Crippen MR) is 152 cm³/mol. The minimum absolute atomic E-state index is 0.0525. The second kappa shape index (κ2) is 11.8. The fourth-order valence-corrected chi connectivity index (χ4v) is 6.30. The molecule has 0 unspecified atom stereocenters. The van der Waals surface area contributed by atoms with E-state index in [1.165, 1.54) is 26.0 Å².